The van der Waals surface area contributed by atoms with Gasteiger partial charge < -0.3 is 15.2 Å². The number of carboxylic acid groups (broad SMARTS) is 1. The second-order valence-electron chi connectivity index (χ2n) is 6.88. The standard InChI is InChI=1S/C24H23NO4/c1-17(14-18-6-3-2-4-7-18)19-10-12-22(13-11-19)29-16-23(26)25-21-9-5-8-20(15-21)24(27)28/h2-13,15,17H,14,16H2,1H3,(H,25,26)(H,27,28). The topological polar surface area (TPSA) is 75.6 Å². The van der Waals surface area contributed by atoms with Crippen molar-refractivity contribution in [2.24, 2.45) is 0 Å². The normalized spacial score (nSPS) is 11.5. The van der Waals surface area contributed by atoms with Crippen LogP contribution in [-0.2, 0) is 11.2 Å². The lowest BCUT2D eigenvalue weighted by atomic mass is 9.94. The quantitative estimate of drug-likeness (QED) is 0.583. The lowest BCUT2D eigenvalue weighted by molar-refractivity contribution is -0.118. The van der Waals surface area contributed by atoms with Crippen LogP contribution in [0.1, 0.15) is 34.3 Å². The third-order valence-corrected chi connectivity index (χ3v) is 4.60. The van der Waals surface area contributed by atoms with Crippen molar-refractivity contribution in [1.29, 1.82) is 0 Å². The van der Waals surface area contributed by atoms with Crippen molar-refractivity contribution in [3.05, 3.63) is 95.6 Å². The molecule has 2 N–H and O–H groups in total. The van der Waals surface area contributed by atoms with Crippen LogP contribution >= 0.6 is 0 Å². The molecule has 5 heteroatoms. The molecule has 29 heavy (non-hydrogen) atoms. The fourth-order valence-corrected chi connectivity index (χ4v) is 3.05. The molecule has 0 aliphatic heterocycles. The van der Waals surface area contributed by atoms with Gasteiger partial charge in [0.15, 0.2) is 6.61 Å². The zero-order valence-electron chi connectivity index (χ0n) is 16.2. The van der Waals surface area contributed by atoms with Crippen LogP contribution in [-0.4, -0.2) is 23.6 Å². The first-order valence-corrected chi connectivity index (χ1v) is 9.41. The Morgan fingerprint density at radius 2 is 1.69 bits per heavy atom. The summed E-state index contributed by atoms with van der Waals surface area (Å²) in [6.07, 6.45) is 0.957. The summed E-state index contributed by atoms with van der Waals surface area (Å²) < 4.78 is 5.54. The molecule has 1 unspecified atom stereocenters. The number of carbonyl (C=O) groups is 2. The number of rotatable bonds is 8. The van der Waals surface area contributed by atoms with Gasteiger partial charge in [-0.05, 0) is 53.8 Å². The molecule has 3 rings (SSSR count). The summed E-state index contributed by atoms with van der Waals surface area (Å²) in [5, 5.41) is 11.6. The Hall–Kier alpha value is -3.60. The number of benzene rings is 3. The van der Waals surface area contributed by atoms with Gasteiger partial charge in [-0.2, -0.15) is 0 Å². The Balaban J connectivity index is 1.51. The molecule has 0 aliphatic carbocycles. The molecule has 1 atom stereocenters. The van der Waals surface area contributed by atoms with E-state index >= 15 is 0 Å². The van der Waals surface area contributed by atoms with Crippen LogP contribution in [0.2, 0.25) is 0 Å². The monoisotopic (exact) mass is 389 g/mol. The van der Waals surface area contributed by atoms with Gasteiger partial charge in [0.25, 0.3) is 5.91 Å². The van der Waals surface area contributed by atoms with E-state index in [1.807, 2.05) is 42.5 Å². The summed E-state index contributed by atoms with van der Waals surface area (Å²) in [5.41, 5.74) is 3.03. The van der Waals surface area contributed by atoms with Crippen molar-refractivity contribution >= 4 is 17.6 Å². The number of nitrogens with one attached hydrogen (secondary N) is 1. The number of hydrogen-bond acceptors (Lipinski definition) is 3. The van der Waals surface area contributed by atoms with Crippen LogP contribution in [0.5, 0.6) is 5.75 Å². The van der Waals surface area contributed by atoms with E-state index in [0.29, 0.717) is 17.4 Å². The maximum Gasteiger partial charge on any atom is 0.335 e. The van der Waals surface area contributed by atoms with Gasteiger partial charge in [0.1, 0.15) is 5.75 Å². The first-order valence-electron chi connectivity index (χ1n) is 9.41. The van der Waals surface area contributed by atoms with E-state index in [1.165, 1.54) is 23.3 Å². The van der Waals surface area contributed by atoms with Crippen LogP contribution in [0.15, 0.2) is 78.9 Å². The van der Waals surface area contributed by atoms with Crippen molar-refractivity contribution in [2.45, 2.75) is 19.3 Å². The van der Waals surface area contributed by atoms with Crippen LogP contribution in [0, 0.1) is 0 Å². The minimum Gasteiger partial charge on any atom is -0.484 e. The van der Waals surface area contributed by atoms with Gasteiger partial charge in [0, 0.05) is 5.69 Å². The maximum atomic E-state index is 12.1. The molecular formula is C24H23NO4. The Bertz CT molecular complexity index is 968. The van der Waals surface area contributed by atoms with Crippen LogP contribution in [0.25, 0.3) is 0 Å². The zero-order valence-corrected chi connectivity index (χ0v) is 16.2. The molecule has 0 radical (unpaired) electrons. The van der Waals surface area contributed by atoms with Gasteiger partial charge in [-0.3, -0.25) is 4.79 Å². The smallest absolute Gasteiger partial charge is 0.335 e. The lowest BCUT2D eigenvalue weighted by Gasteiger charge is -2.13. The molecular weight excluding hydrogens is 366 g/mol. The molecule has 3 aromatic carbocycles. The van der Waals surface area contributed by atoms with E-state index < -0.39 is 5.97 Å². The third kappa shape index (κ3) is 5.94. The van der Waals surface area contributed by atoms with Gasteiger partial charge in [-0.1, -0.05) is 55.5 Å². The van der Waals surface area contributed by atoms with Gasteiger partial charge in [0.05, 0.1) is 5.56 Å². The summed E-state index contributed by atoms with van der Waals surface area (Å²) >= 11 is 0. The second kappa shape index (κ2) is 9.55. The summed E-state index contributed by atoms with van der Waals surface area (Å²) in [6, 6.07) is 24.2. The molecule has 0 heterocycles. The Morgan fingerprint density at radius 1 is 0.966 bits per heavy atom. The summed E-state index contributed by atoms with van der Waals surface area (Å²) in [6.45, 7) is 2.03. The maximum absolute atomic E-state index is 12.1. The molecule has 0 saturated carbocycles. The molecule has 0 bridgehead atoms. The number of ether oxygens (including phenoxy) is 1. The highest BCUT2D eigenvalue weighted by atomic mass is 16.5. The van der Waals surface area contributed by atoms with E-state index in [-0.39, 0.29) is 18.1 Å². The lowest BCUT2D eigenvalue weighted by Crippen LogP contribution is -2.20. The highest BCUT2D eigenvalue weighted by Crippen LogP contribution is 2.23. The average Bonchev–Trinajstić information content (AvgIpc) is 2.73. The van der Waals surface area contributed by atoms with Crippen molar-refractivity contribution in [3.63, 3.8) is 0 Å². The fourth-order valence-electron chi connectivity index (χ4n) is 3.05. The van der Waals surface area contributed by atoms with E-state index in [9.17, 15) is 9.59 Å². The van der Waals surface area contributed by atoms with Crippen molar-refractivity contribution < 1.29 is 19.4 Å². The summed E-state index contributed by atoms with van der Waals surface area (Å²) in [4.78, 5) is 23.1. The number of anilines is 1. The molecule has 0 aromatic heterocycles. The zero-order chi connectivity index (χ0) is 20.6. The first kappa shape index (κ1) is 20.1. The molecule has 0 spiro atoms. The second-order valence-corrected chi connectivity index (χ2v) is 6.88. The molecule has 5 nitrogen and oxygen atoms in total. The molecule has 0 saturated heterocycles. The van der Waals surface area contributed by atoms with Gasteiger partial charge in [-0.25, -0.2) is 4.79 Å². The third-order valence-electron chi connectivity index (χ3n) is 4.60. The minimum absolute atomic E-state index is 0.115. The Morgan fingerprint density at radius 3 is 2.38 bits per heavy atom. The van der Waals surface area contributed by atoms with E-state index in [1.54, 1.807) is 12.1 Å². The van der Waals surface area contributed by atoms with E-state index in [2.05, 4.69) is 24.4 Å². The largest absolute Gasteiger partial charge is 0.484 e. The molecule has 1 amide bonds. The fraction of sp³-hybridized carbons (Fsp3) is 0.167. The summed E-state index contributed by atoms with van der Waals surface area (Å²) in [7, 11) is 0. The molecule has 148 valence electrons. The first-order chi connectivity index (χ1) is 14.0. The van der Waals surface area contributed by atoms with Crippen LogP contribution < -0.4 is 10.1 Å². The highest BCUT2D eigenvalue weighted by Gasteiger charge is 2.09. The summed E-state index contributed by atoms with van der Waals surface area (Å²) in [5.74, 6) is -0.417. The number of hydrogen-bond donors (Lipinski definition) is 2. The SMILES string of the molecule is CC(Cc1ccccc1)c1ccc(OCC(=O)Nc2cccc(C(=O)O)c2)cc1. The van der Waals surface area contributed by atoms with Gasteiger partial charge in [-0.15, -0.1) is 0 Å². The molecule has 0 aliphatic rings. The van der Waals surface area contributed by atoms with Gasteiger partial charge >= 0.3 is 5.97 Å². The molecule has 3 aromatic rings. The predicted octanol–water partition coefficient (Wildman–Crippen LogP) is 4.75. The number of amides is 1. The Kier molecular flexibility index (Phi) is 6.63. The van der Waals surface area contributed by atoms with Crippen molar-refractivity contribution in [2.75, 3.05) is 11.9 Å². The van der Waals surface area contributed by atoms with Crippen molar-refractivity contribution in [1.82, 2.24) is 0 Å². The van der Waals surface area contributed by atoms with Crippen molar-refractivity contribution in [3.8, 4) is 5.75 Å². The minimum atomic E-state index is -1.04. The van der Waals surface area contributed by atoms with E-state index in [4.69, 9.17) is 9.84 Å². The predicted molar refractivity (Wildman–Crippen MR) is 113 cm³/mol. The number of aromatic carboxylic acids is 1. The highest BCUT2D eigenvalue weighted by molar-refractivity contribution is 5.94. The van der Waals surface area contributed by atoms with Crippen LogP contribution in [0.3, 0.4) is 0 Å². The van der Waals surface area contributed by atoms with E-state index in [0.717, 1.165) is 6.42 Å². The van der Waals surface area contributed by atoms with Crippen LogP contribution in [0.4, 0.5) is 5.69 Å². The molecule has 0 fully saturated rings. The number of carboxylic acids is 1. The number of carbonyl (C=O) groups excluding carboxylic acids is 1. The average molecular weight is 389 g/mol. The van der Waals surface area contributed by atoms with Gasteiger partial charge in [0.2, 0.25) is 0 Å². The Labute approximate surface area is 170 Å².